The van der Waals surface area contributed by atoms with E-state index in [9.17, 15) is 20.4 Å². The highest BCUT2D eigenvalue weighted by atomic mass is 16.7. The Hall–Kier alpha value is -1.26. The van der Waals surface area contributed by atoms with E-state index in [0.717, 1.165) is 5.56 Å². The smallest absolute Gasteiger partial charge is 0.192 e. The van der Waals surface area contributed by atoms with Gasteiger partial charge in [0.15, 0.2) is 12.1 Å². The van der Waals surface area contributed by atoms with Crippen molar-refractivity contribution in [3.63, 3.8) is 0 Å². The van der Waals surface area contributed by atoms with Gasteiger partial charge in [0.1, 0.15) is 36.8 Å². The summed E-state index contributed by atoms with van der Waals surface area (Å²) in [6.45, 7) is 2.84. The monoisotopic (exact) mass is 342 g/mol. The Morgan fingerprint density at radius 2 is 1.62 bits per heavy atom. The van der Waals surface area contributed by atoms with Crippen LogP contribution in [0.4, 0.5) is 0 Å². The van der Waals surface area contributed by atoms with Crippen LogP contribution in [0.2, 0.25) is 0 Å². The third kappa shape index (κ3) is 3.40. The highest BCUT2D eigenvalue weighted by molar-refractivity contribution is 5.30. The van der Waals surface area contributed by atoms with Crippen LogP contribution in [0.3, 0.4) is 0 Å². The SMILES string of the molecule is CC1(c2ccc(OCC3OC(O)C(O)C(O)C3O)cc2)OCCO1. The van der Waals surface area contributed by atoms with E-state index in [2.05, 4.69) is 0 Å². The van der Waals surface area contributed by atoms with E-state index >= 15 is 0 Å². The molecule has 0 saturated carbocycles. The first-order valence-corrected chi connectivity index (χ1v) is 7.80. The second kappa shape index (κ2) is 6.93. The van der Waals surface area contributed by atoms with Gasteiger partial charge in [0, 0.05) is 5.56 Å². The molecule has 2 saturated heterocycles. The van der Waals surface area contributed by atoms with Crippen LogP contribution in [0.1, 0.15) is 12.5 Å². The third-order valence-corrected chi connectivity index (χ3v) is 4.32. The van der Waals surface area contributed by atoms with Crippen molar-refractivity contribution < 1.29 is 39.4 Å². The fourth-order valence-electron chi connectivity index (χ4n) is 2.78. The molecule has 8 heteroatoms. The average molecular weight is 342 g/mol. The third-order valence-electron chi connectivity index (χ3n) is 4.32. The summed E-state index contributed by atoms with van der Waals surface area (Å²) in [7, 11) is 0. The summed E-state index contributed by atoms with van der Waals surface area (Å²) in [4.78, 5) is 0. The Balaban J connectivity index is 1.59. The highest BCUT2D eigenvalue weighted by Gasteiger charge is 2.43. The van der Waals surface area contributed by atoms with Crippen molar-refractivity contribution in [2.24, 2.45) is 0 Å². The van der Waals surface area contributed by atoms with Crippen molar-refractivity contribution >= 4 is 0 Å². The van der Waals surface area contributed by atoms with E-state index in [1.54, 1.807) is 12.1 Å². The lowest BCUT2D eigenvalue weighted by molar-refractivity contribution is -0.285. The lowest BCUT2D eigenvalue weighted by Gasteiger charge is -2.38. The lowest BCUT2D eigenvalue weighted by atomic mass is 9.99. The van der Waals surface area contributed by atoms with Gasteiger partial charge in [-0.2, -0.15) is 0 Å². The Bertz CT molecular complexity index is 542. The van der Waals surface area contributed by atoms with Gasteiger partial charge in [-0.25, -0.2) is 0 Å². The number of benzene rings is 1. The molecule has 0 radical (unpaired) electrons. The quantitative estimate of drug-likeness (QED) is 0.555. The van der Waals surface area contributed by atoms with Crippen LogP contribution in [-0.2, 0) is 20.0 Å². The zero-order valence-corrected chi connectivity index (χ0v) is 13.2. The highest BCUT2D eigenvalue weighted by Crippen LogP contribution is 2.31. The van der Waals surface area contributed by atoms with Gasteiger partial charge >= 0.3 is 0 Å². The van der Waals surface area contributed by atoms with Crippen molar-refractivity contribution in [1.82, 2.24) is 0 Å². The molecule has 1 aromatic carbocycles. The predicted octanol–water partition coefficient (Wildman–Crippen LogP) is -0.915. The molecule has 1 aromatic rings. The number of hydrogen-bond acceptors (Lipinski definition) is 8. The standard InChI is InChI=1S/C16H22O8/c1-16(22-6-7-23-16)9-2-4-10(5-3-9)21-8-11-12(17)13(18)14(19)15(20)24-11/h2-5,11-15,17-20H,6-8H2,1H3. The topological polar surface area (TPSA) is 118 Å². The Labute approximate surface area is 139 Å². The molecule has 0 amide bonds. The molecular weight excluding hydrogens is 320 g/mol. The van der Waals surface area contributed by atoms with E-state index in [4.69, 9.17) is 18.9 Å². The van der Waals surface area contributed by atoms with E-state index < -0.39 is 36.5 Å². The second-order valence-corrected chi connectivity index (χ2v) is 6.01. The maximum absolute atomic E-state index is 9.87. The molecule has 0 aromatic heterocycles. The summed E-state index contributed by atoms with van der Waals surface area (Å²) in [5, 5.41) is 38.4. The van der Waals surface area contributed by atoms with Crippen molar-refractivity contribution in [3.05, 3.63) is 29.8 Å². The molecular formula is C16H22O8. The molecule has 2 fully saturated rings. The van der Waals surface area contributed by atoms with Crippen molar-refractivity contribution in [2.45, 2.75) is 43.4 Å². The van der Waals surface area contributed by atoms with Gasteiger partial charge in [0.2, 0.25) is 0 Å². The molecule has 5 atom stereocenters. The summed E-state index contributed by atoms with van der Waals surface area (Å²) >= 11 is 0. The first kappa shape index (κ1) is 17.6. The predicted molar refractivity (Wildman–Crippen MR) is 80.1 cm³/mol. The maximum Gasteiger partial charge on any atom is 0.192 e. The van der Waals surface area contributed by atoms with Gasteiger partial charge in [0.05, 0.1) is 13.2 Å². The summed E-state index contributed by atoms with van der Waals surface area (Å²) < 4.78 is 21.7. The summed E-state index contributed by atoms with van der Waals surface area (Å²) in [6, 6.07) is 7.07. The molecule has 134 valence electrons. The summed E-state index contributed by atoms with van der Waals surface area (Å²) in [5.41, 5.74) is 0.857. The zero-order valence-electron chi connectivity index (χ0n) is 13.2. The second-order valence-electron chi connectivity index (χ2n) is 6.01. The minimum absolute atomic E-state index is 0.0916. The van der Waals surface area contributed by atoms with Gasteiger partial charge in [-0.15, -0.1) is 0 Å². The van der Waals surface area contributed by atoms with E-state index in [1.165, 1.54) is 0 Å². The molecule has 8 nitrogen and oxygen atoms in total. The largest absolute Gasteiger partial charge is 0.491 e. The molecule has 4 N–H and O–H groups in total. The maximum atomic E-state index is 9.87. The Kier molecular flexibility index (Phi) is 5.07. The van der Waals surface area contributed by atoms with Gasteiger partial charge in [-0.3, -0.25) is 0 Å². The van der Waals surface area contributed by atoms with Gasteiger partial charge in [0.25, 0.3) is 0 Å². The minimum Gasteiger partial charge on any atom is -0.491 e. The molecule has 0 bridgehead atoms. The van der Waals surface area contributed by atoms with Gasteiger partial charge in [-0.1, -0.05) is 0 Å². The van der Waals surface area contributed by atoms with Crippen molar-refractivity contribution in [3.8, 4) is 5.75 Å². The zero-order chi connectivity index (χ0) is 17.3. The van der Waals surface area contributed by atoms with Crippen LogP contribution in [0.5, 0.6) is 5.75 Å². The molecule has 2 aliphatic rings. The van der Waals surface area contributed by atoms with Crippen LogP contribution >= 0.6 is 0 Å². The number of hydrogen-bond donors (Lipinski definition) is 4. The van der Waals surface area contributed by atoms with Crippen molar-refractivity contribution in [2.75, 3.05) is 19.8 Å². The average Bonchev–Trinajstić information content (AvgIpc) is 3.03. The van der Waals surface area contributed by atoms with E-state index in [-0.39, 0.29) is 6.61 Å². The molecule has 0 spiro atoms. The van der Waals surface area contributed by atoms with Gasteiger partial charge < -0.3 is 39.4 Å². The number of aliphatic hydroxyl groups is 4. The Morgan fingerprint density at radius 1 is 1.00 bits per heavy atom. The number of aliphatic hydroxyl groups excluding tert-OH is 4. The van der Waals surface area contributed by atoms with Gasteiger partial charge in [-0.05, 0) is 31.2 Å². The molecule has 24 heavy (non-hydrogen) atoms. The van der Waals surface area contributed by atoms with Crippen LogP contribution in [-0.4, -0.2) is 71.0 Å². The Morgan fingerprint density at radius 3 is 2.25 bits per heavy atom. The molecule has 3 rings (SSSR count). The first-order valence-electron chi connectivity index (χ1n) is 7.80. The van der Waals surface area contributed by atoms with Crippen LogP contribution in [0.25, 0.3) is 0 Å². The molecule has 2 aliphatic heterocycles. The molecule has 0 aliphatic carbocycles. The lowest BCUT2D eigenvalue weighted by Crippen LogP contribution is -2.58. The van der Waals surface area contributed by atoms with Crippen LogP contribution < -0.4 is 4.74 Å². The van der Waals surface area contributed by atoms with Crippen LogP contribution in [0.15, 0.2) is 24.3 Å². The first-order chi connectivity index (χ1) is 11.4. The van der Waals surface area contributed by atoms with E-state index in [0.29, 0.717) is 19.0 Å². The summed E-state index contributed by atoms with van der Waals surface area (Å²) in [6.07, 6.45) is -6.95. The fourth-order valence-corrected chi connectivity index (χ4v) is 2.78. The minimum atomic E-state index is -1.57. The van der Waals surface area contributed by atoms with Crippen LogP contribution in [0, 0.1) is 0 Å². The molecule has 2 heterocycles. The number of rotatable bonds is 4. The molecule has 5 unspecified atom stereocenters. The summed E-state index contributed by atoms with van der Waals surface area (Å²) in [5.74, 6) is -0.239. The van der Waals surface area contributed by atoms with E-state index in [1.807, 2.05) is 19.1 Å². The number of ether oxygens (including phenoxy) is 4. The fraction of sp³-hybridized carbons (Fsp3) is 0.625. The van der Waals surface area contributed by atoms with Crippen molar-refractivity contribution in [1.29, 1.82) is 0 Å². The normalized spacial score (nSPS) is 35.8.